The van der Waals surface area contributed by atoms with Crippen molar-refractivity contribution in [3.05, 3.63) is 46.5 Å². The van der Waals surface area contributed by atoms with E-state index in [4.69, 9.17) is 21.1 Å². The summed E-state index contributed by atoms with van der Waals surface area (Å²) in [6.45, 7) is 4.85. The molecular weight excluding hydrogens is 432 g/mol. The summed E-state index contributed by atoms with van der Waals surface area (Å²) in [4.78, 5) is 24.9. The molecule has 0 fully saturated rings. The van der Waals surface area contributed by atoms with Crippen LogP contribution in [0.4, 0.5) is 5.69 Å². The molecule has 2 aromatic rings. The van der Waals surface area contributed by atoms with Crippen molar-refractivity contribution < 1.29 is 27.5 Å². The third-order valence-electron chi connectivity index (χ3n) is 4.73. The van der Waals surface area contributed by atoms with Crippen molar-refractivity contribution in [1.29, 1.82) is 0 Å². The fraction of sp³-hybridized carbons (Fsp3) is 0.300. The van der Waals surface area contributed by atoms with E-state index in [0.717, 1.165) is 0 Å². The molecule has 160 valence electrons. The zero-order valence-corrected chi connectivity index (χ0v) is 18.4. The Balaban J connectivity index is 1.98. The van der Waals surface area contributed by atoms with E-state index in [2.05, 4.69) is 5.32 Å². The first-order chi connectivity index (χ1) is 14.0. The highest BCUT2D eigenvalue weighted by atomic mass is 35.5. The summed E-state index contributed by atoms with van der Waals surface area (Å²) in [5.41, 5.74) is 0.398. The maximum absolute atomic E-state index is 12.9. The minimum absolute atomic E-state index is 0.0131. The first-order valence-electron chi connectivity index (χ1n) is 9.06. The molecule has 0 saturated heterocycles. The average molecular weight is 453 g/mol. The predicted molar refractivity (Wildman–Crippen MR) is 112 cm³/mol. The topological polar surface area (TPSA) is 102 Å². The molecule has 30 heavy (non-hydrogen) atoms. The lowest BCUT2D eigenvalue weighted by Gasteiger charge is -2.21. The van der Waals surface area contributed by atoms with Crippen molar-refractivity contribution in [1.82, 2.24) is 4.31 Å². The molecule has 0 saturated carbocycles. The smallest absolute Gasteiger partial charge is 0.257 e. The molecule has 1 aliphatic rings. The maximum atomic E-state index is 12.9. The molecule has 0 radical (unpaired) electrons. The number of Topliss-reactive ketones (excluding diaryl/α,β-unsaturated/α-hetero) is 1. The molecule has 1 aliphatic heterocycles. The molecule has 1 amide bonds. The van der Waals surface area contributed by atoms with Gasteiger partial charge >= 0.3 is 0 Å². The fourth-order valence-electron chi connectivity index (χ4n) is 2.81. The number of hydrogen-bond acceptors (Lipinski definition) is 6. The number of nitrogens with zero attached hydrogens (tertiary/aromatic N) is 1. The van der Waals surface area contributed by atoms with Crippen LogP contribution in [0.3, 0.4) is 0 Å². The molecule has 8 nitrogen and oxygen atoms in total. The number of fused-ring (bicyclic) bond motifs is 1. The number of ketones is 1. The summed E-state index contributed by atoms with van der Waals surface area (Å²) in [5, 5.41) is 2.69. The third kappa shape index (κ3) is 4.14. The quantitative estimate of drug-likeness (QED) is 0.672. The number of ether oxygens (including phenoxy) is 2. The van der Waals surface area contributed by atoms with E-state index in [1.165, 1.54) is 48.6 Å². The van der Waals surface area contributed by atoms with Gasteiger partial charge in [0.15, 0.2) is 17.3 Å². The molecule has 0 unspecified atom stereocenters. The highest BCUT2D eigenvalue weighted by Gasteiger charge is 2.26. The Morgan fingerprint density at radius 2 is 1.73 bits per heavy atom. The van der Waals surface area contributed by atoms with Gasteiger partial charge < -0.3 is 14.8 Å². The van der Waals surface area contributed by atoms with E-state index in [1.807, 2.05) is 0 Å². The molecule has 0 aromatic heterocycles. The number of benzene rings is 2. The van der Waals surface area contributed by atoms with Gasteiger partial charge in [-0.1, -0.05) is 11.6 Å². The van der Waals surface area contributed by atoms with E-state index in [0.29, 0.717) is 11.5 Å². The van der Waals surface area contributed by atoms with E-state index < -0.39 is 15.9 Å². The normalized spacial score (nSPS) is 13.0. The van der Waals surface area contributed by atoms with Crippen molar-refractivity contribution in [2.24, 2.45) is 0 Å². The van der Waals surface area contributed by atoms with Crippen LogP contribution < -0.4 is 14.8 Å². The summed E-state index contributed by atoms with van der Waals surface area (Å²) >= 11 is 6.16. The van der Waals surface area contributed by atoms with Gasteiger partial charge in [0.05, 0.1) is 21.2 Å². The summed E-state index contributed by atoms with van der Waals surface area (Å²) in [6, 6.07) is 6.61. The van der Waals surface area contributed by atoms with Gasteiger partial charge in [0.2, 0.25) is 16.8 Å². The van der Waals surface area contributed by atoms with Crippen molar-refractivity contribution in [2.45, 2.75) is 31.7 Å². The van der Waals surface area contributed by atoms with Gasteiger partial charge in [-0.15, -0.1) is 0 Å². The molecule has 0 atom stereocenters. The summed E-state index contributed by atoms with van der Waals surface area (Å²) in [5.74, 6) is -0.160. The Labute approximate surface area is 179 Å². The van der Waals surface area contributed by atoms with Gasteiger partial charge in [0.1, 0.15) is 0 Å². The molecule has 0 spiro atoms. The molecule has 1 N–H and O–H groups in total. The Kier molecular flexibility index (Phi) is 6.07. The molecule has 3 rings (SSSR count). The predicted octanol–water partition coefficient (Wildman–Crippen LogP) is 3.55. The average Bonchev–Trinajstić information content (AvgIpc) is 3.13. The number of amides is 1. The largest absolute Gasteiger partial charge is 0.454 e. The molecule has 0 aliphatic carbocycles. The molecule has 1 heterocycles. The number of carbonyl (C=O) groups excluding carboxylic acids is 2. The molecule has 0 bridgehead atoms. The van der Waals surface area contributed by atoms with Crippen LogP contribution in [0.25, 0.3) is 0 Å². The first-order valence-corrected chi connectivity index (χ1v) is 10.9. The highest BCUT2D eigenvalue weighted by Crippen LogP contribution is 2.37. The van der Waals surface area contributed by atoms with Crippen LogP contribution in [0, 0.1) is 0 Å². The van der Waals surface area contributed by atoms with Crippen LogP contribution in [-0.4, -0.2) is 44.3 Å². The summed E-state index contributed by atoms with van der Waals surface area (Å²) in [6.07, 6.45) is 0. The van der Waals surface area contributed by atoms with Crippen molar-refractivity contribution >= 4 is 39.0 Å². The molecule has 10 heteroatoms. The number of hydrogen-bond donors (Lipinski definition) is 1. The first kappa shape index (κ1) is 22.1. The second-order valence-corrected chi connectivity index (χ2v) is 9.42. The minimum Gasteiger partial charge on any atom is -0.454 e. The van der Waals surface area contributed by atoms with E-state index >= 15 is 0 Å². The van der Waals surface area contributed by atoms with Gasteiger partial charge in [-0.25, -0.2) is 8.42 Å². The van der Waals surface area contributed by atoms with Gasteiger partial charge in [0.25, 0.3) is 5.91 Å². The van der Waals surface area contributed by atoms with E-state index in [-0.39, 0.29) is 45.4 Å². The van der Waals surface area contributed by atoms with E-state index in [1.54, 1.807) is 13.8 Å². The van der Waals surface area contributed by atoms with Crippen LogP contribution in [0.2, 0.25) is 5.02 Å². The van der Waals surface area contributed by atoms with Crippen LogP contribution in [-0.2, 0) is 10.0 Å². The number of carbonyl (C=O) groups is 2. The van der Waals surface area contributed by atoms with Crippen molar-refractivity contribution in [2.75, 3.05) is 19.2 Å². The van der Waals surface area contributed by atoms with Gasteiger partial charge in [-0.05, 0) is 45.0 Å². The Morgan fingerprint density at radius 1 is 1.10 bits per heavy atom. The van der Waals surface area contributed by atoms with Gasteiger partial charge in [-0.3, -0.25) is 9.59 Å². The van der Waals surface area contributed by atoms with Crippen molar-refractivity contribution in [3.8, 4) is 11.5 Å². The second-order valence-electron chi connectivity index (χ2n) is 7.02. The number of halogens is 1. The van der Waals surface area contributed by atoms with Crippen LogP contribution >= 0.6 is 11.6 Å². The zero-order valence-electron chi connectivity index (χ0n) is 16.9. The van der Waals surface area contributed by atoms with Gasteiger partial charge in [-0.2, -0.15) is 4.31 Å². The minimum atomic E-state index is -3.81. The Bertz CT molecular complexity index is 1130. The van der Waals surface area contributed by atoms with Crippen LogP contribution in [0.1, 0.15) is 41.5 Å². The number of nitrogens with one attached hydrogen (secondary N) is 1. The number of rotatable bonds is 6. The third-order valence-corrected chi connectivity index (χ3v) is 7.09. The highest BCUT2D eigenvalue weighted by molar-refractivity contribution is 7.89. The van der Waals surface area contributed by atoms with Crippen LogP contribution in [0.15, 0.2) is 35.2 Å². The lowest BCUT2D eigenvalue weighted by molar-refractivity contribution is 0.101. The number of anilines is 1. The van der Waals surface area contributed by atoms with Gasteiger partial charge in [0, 0.05) is 24.7 Å². The second kappa shape index (κ2) is 8.25. The zero-order chi connectivity index (χ0) is 22.2. The SMILES string of the molecule is CC(=O)c1cc2c(cc1NC(=O)c1cc(S(=O)(=O)N(C)C(C)C)ccc1Cl)OCO2. The monoisotopic (exact) mass is 452 g/mol. The standard InChI is InChI=1S/C20H21ClN2O6S/c1-11(2)23(4)30(26,27)13-5-6-16(21)15(7-13)20(25)22-17-9-19-18(28-10-29-19)8-14(17)12(3)24/h5-9,11H,10H2,1-4H3,(H,22,25). The summed E-state index contributed by atoms with van der Waals surface area (Å²) in [7, 11) is -2.35. The van der Waals surface area contributed by atoms with Crippen LogP contribution in [0.5, 0.6) is 11.5 Å². The maximum Gasteiger partial charge on any atom is 0.257 e. The lowest BCUT2D eigenvalue weighted by atomic mass is 10.1. The van der Waals surface area contributed by atoms with Crippen molar-refractivity contribution in [3.63, 3.8) is 0 Å². The summed E-state index contributed by atoms with van der Waals surface area (Å²) < 4.78 is 37.3. The van der Waals surface area contributed by atoms with E-state index in [9.17, 15) is 18.0 Å². The Hall–Kier alpha value is -2.62. The molecular formula is C20H21ClN2O6S. The fourth-order valence-corrected chi connectivity index (χ4v) is 4.41. The Morgan fingerprint density at radius 3 is 2.33 bits per heavy atom. The lowest BCUT2D eigenvalue weighted by Crippen LogP contribution is -2.33. The molecule has 2 aromatic carbocycles. The number of sulfonamides is 1.